The number of carboxylic acids is 1. The van der Waals surface area contributed by atoms with E-state index in [1.54, 1.807) is 6.92 Å². The molecule has 0 aromatic carbocycles. The van der Waals surface area contributed by atoms with Crippen LogP contribution in [0.2, 0.25) is 0 Å². The Hall–Kier alpha value is -1.13. The van der Waals surface area contributed by atoms with Gasteiger partial charge in [-0.3, -0.25) is 4.79 Å². The highest BCUT2D eigenvalue weighted by molar-refractivity contribution is 6.04. The number of carboxylic acid groups (broad SMARTS) is 1. The first-order valence-corrected chi connectivity index (χ1v) is 3.67. The van der Waals surface area contributed by atoms with Crippen LogP contribution in [-0.2, 0) is 9.59 Å². The first-order valence-electron chi connectivity index (χ1n) is 3.67. The van der Waals surface area contributed by atoms with Gasteiger partial charge in [0.05, 0.1) is 0 Å². The molecule has 0 heterocycles. The molecule has 1 atom stereocenters. The highest BCUT2D eigenvalue weighted by atomic mass is 19.1. The summed E-state index contributed by atoms with van der Waals surface area (Å²) in [4.78, 5) is 20.7. The molecule has 0 radical (unpaired) electrons. The van der Waals surface area contributed by atoms with E-state index in [0.29, 0.717) is 12.8 Å². The van der Waals surface area contributed by atoms with Gasteiger partial charge in [0.2, 0.25) is 0 Å². The average Bonchev–Trinajstić information content (AvgIpc) is 1.99. The third-order valence-electron chi connectivity index (χ3n) is 1.60. The predicted molar refractivity (Wildman–Crippen MR) is 40.2 cm³/mol. The molecule has 0 aliphatic rings. The first-order chi connectivity index (χ1) is 5.45. The highest BCUT2D eigenvalue weighted by Crippen LogP contribution is 2.19. The van der Waals surface area contributed by atoms with Crippen molar-refractivity contribution >= 4 is 11.9 Å². The molecule has 3 N–H and O–H groups in total. The Balaban J connectivity index is 4.40. The number of carbonyl (C=O) groups excluding carboxylic acids is 1. The molecule has 0 spiro atoms. The van der Waals surface area contributed by atoms with E-state index in [4.69, 9.17) is 5.11 Å². The lowest BCUT2D eigenvalue weighted by atomic mass is 9.98. The summed E-state index contributed by atoms with van der Waals surface area (Å²) in [6.45, 7) is 1.77. The number of nitrogens with two attached hydrogens (primary N) is 1. The van der Waals surface area contributed by atoms with Crippen LogP contribution >= 0.6 is 0 Å². The van der Waals surface area contributed by atoms with Gasteiger partial charge in [-0.2, -0.15) is 0 Å². The van der Waals surface area contributed by atoms with Crippen molar-refractivity contribution in [3.05, 3.63) is 0 Å². The van der Waals surface area contributed by atoms with Crippen LogP contribution in [0.3, 0.4) is 0 Å². The van der Waals surface area contributed by atoms with Gasteiger partial charge in [0, 0.05) is 6.42 Å². The molecule has 0 aliphatic carbocycles. The molecule has 4 nitrogen and oxygen atoms in total. The number of hydrogen-bond donors (Lipinski definition) is 2. The minimum absolute atomic E-state index is 0.325. The van der Waals surface area contributed by atoms with Crippen LogP contribution < -0.4 is 5.73 Å². The number of carbonyl (C=O) groups is 2. The predicted octanol–water partition coefficient (Wildman–Crippen LogP) is 0.455. The molecule has 0 aliphatic heterocycles. The van der Waals surface area contributed by atoms with Gasteiger partial charge < -0.3 is 10.8 Å². The largest absolute Gasteiger partial charge is 0.478 e. The van der Waals surface area contributed by atoms with Crippen molar-refractivity contribution in [2.75, 3.05) is 0 Å². The lowest BCUT2D eigenvalue weighted by molar-refractivity contribution is -0.157. The maximum atomic E-state index is 13.2. The molecule has 0 aromatic heterocycles. The summed E-state index contributed by atoms with van der Waals surface area (Å²) >= 11 is 0. The normalized spacial score (nSPS) is 15.2. The van der Waals surface area contributed by atoms with Crippen LogP contribution in [0, 0.1) is 0 Å². The molecule has 1 amide bonds. The zero-order chi connectivity index (χ0) is 9.78. The van der Waals surface area contributed by atoms with Gasteiger partial charge >= 0.3 is 5.97 Å². The summed E-state index contributed by atoms with van der Waals surface area (Å²) in [6.07, 6.45) is 0.589. The summed E-state index contributed by atoms with van der Waals surface area (Å²) in [6, 6.07) is 0. The number of unbranched alkanes of at least 4 members (excludes halogenated alkanes) is 1. The summed E-state index contributed by atoms with van der Waals surface area (Å²) in [5, 5.41) is 8.35. The van der Waals surface area contributed by atoms with Gasteiger partial charge in [-0.05, 0) is 6.42 Å². The molecule has 0 aromatic rings. The SMILES string of the molecule is CCCCC(F)(C(N)=O)C(=O)O. The topological polar surface area (TPSA) is 80.4 Å². The van der Waals surface area contributed by atoms with Gasteiger partial charge in [0.15, 0.2) is 0 Å². The van der Waals surface area contributed by atoms with Gasteiger partial charge in [-0.15, -0.1) is 0 Å². The lowest BCUT2D eigenvalue weighted by Gasteiger charge is -2.15. The van der Waals surface area contributed by atoms with E-state index < -0.39 is 17.5 Å². The Labute approximate surface area is 69.6 Å². The summed E-state index contributed by atoms with van der Waals surface area (Å²) in [7, 11) is 0. The summed E-state index contributed by atoms with van der Waals surface area (Å²) < 4.78 is 13.2. The second kappa shape index (κ2) is 4.04. The third kappa shape index (κ3) is 2.18. The molecule has 70 valence electrons. The van der Waals surface area contributed by atoms with Crippen LogP contribution in [-0.4, -0.2) is 22.7 Å². The monoisotopic (exact) mass is 177 g/mol. The zero-order valence-electron chi connectivity index (χ0n) is 6.84. The number of aliphatic carboxylic acids is 1. The van der Waals surface area contributed by atoms with Gasteiger partial charge in [0.1, 0.15) is 0 Å². The van der Waals surface area contributed by atoms with Crippen molar-refractivity contribution in [3.63, 3.8) is 0 Å². The molecular weight excluding hydrogens is 165 g/mol. The van der Waals surface area contributed by atoms with Crippen molar-refractivity contribution in [1.82, 2.24) is 0 Å². The molecule has 1 unspecified atom stereocenters. The fourth-order valence-electron chi connectivity index (χ4n) is 0.756. The van der Waals surface area contributed by atoms with Crippen molar-refractivity contribution in [3.8, 4) is 0 Å². The number of alkyl halides is 1. The number of primary amides is 1. The molecule has 12 heavy (non-hydrogen) atoms. The highest BCUT2D eigenvalue weighted by Gasteiger charge is 2.44. The lowest BCUT2D eigenvalue weighted by Crippen LogP contribution is -2.46. The minimum Gasteiger partial charge on any atom is -0.478 e. The van der Waals surface area contributed by atoms with E-state index in [1.165, 1.54) is 0 Å². The Morgan fingerprint density at radius 3 is 2.33 bits per heavy atom. The van der Waals surface area contributed by atoms with E-state index in [9.17, 15) is 14.0 Å². The van der Waals surface area contributed by atoms with E-state index in [0.717, 1.165) is 0 Å². The number of hydrogen-bond acceptors (Lipinski definition) is 2. The second-order valence-corrected chi connectivity index (χ2v) is 2.57. The minimum atomic E-state index is -2.89. The fourth-order valence-corrected chi connectivity index (χ4v) is 0.756. The number of halogens is 1. The molecule has 0 saturated carbocycles. The van der Waals surface area contributed by atoms with Crippen LogP contribution in [0.15, 0.2) is 0 Å². The van der Waals surface area contributed by atoms with E-state index in [-0.39, 0.29) is 6.42 Å². The van der Waals surface area contributed by atoms with E-state index in [2.05, 4.69) is 5.73 Å². The standard InChI is InChI=1S/C7H12FNO3/c1-2-3-4-7(8,5(9)10)6(11)12/h2-4H2,1H3,(H2,9,10)(H,11,12). The van der Waals surface area contributed by atoms with Gasteiger partial charge in [0.25, 0.3) is 11.6 Å². The Kier molecular flexibility index (Phi) is 3.66. The molecule has 0 rings (SSSR count). The Morgan fingerprint density at radius 2 is 2.08 bits per heavy atom. The van der Waals surface area contributed by atoms with E-state index >= 15 is 0 Å². The average molecular weight is 177 g/mol. The maximum Gasteiger partial charge on any atom is 0.351 e. The fraction of sp³-hybridized carbons (Fsp3) is 0.714. The van der Waals surface area contributed by atoms with Crippen LogP contribution in [0.4, 0.5) is 4.39 Å². The van der Waals surface area contributed by atoms with Gasteiger partial charge in [-0.1, -0.05) is 13.3 Å². The summed E-state index contributed by atoms with van der Waals surface area (Å²) in [5.74, 6) is -3.23. The maximum absolute atomic E-state index is 13.2. The number of amides is 1. The molecule has 0 saturated heterocycles. The zero-order valence-corrected chi connectivity index (χ0v) is 6.84. The Morgan fingerprint density at radius 1 is 1.58 bits per heavy atom. The van der Waals surface area contributed by atoms with Crippen molar-refractivity contribution < 1.29 is 19.1 Å². The van der Waals surface area contributed by atoms with E-state index in [1.807, 2.05) is 0 Å². The summed E-state index contributed by atoms with van der Waals surface area (Å²) in [5.41, 5.74) is 1.73. The van der Waals surface area contributed by atoms with Crippen molar-refractivity contribution in [1.29, 1.82) is 0 Å². The van der Waals surface area contributed by atoms with Gasteiger partial charge in [-0.25, -0.2) is 9.18 Å². The molecule has 0 fully saturated rings. The van der Waals surface area contributed by atoms with Crippen molar-refractivity contribution in [2.24, 2.45) is 5.73 Å². The van der Waals surface area contributed by atoms with Crippen LogP contribution in [0.25, 0.3) is 0 Å². The Bertz CT molecular complexity index is 179. The smallest absolute Gasteiger partial charge is 0.351 e. The molecular formula is C7H12FNO3. The van der Waals surface area contributed by atoms with Crippen LogP contribution in [0.5, 0.6) is 0 Å². The molecule has 0 bridgehead atoms. The quantitative estimate of drug-likeness (QED) is 0.598. The first kappa shape index (κ1) is 10.9. The molecule has 5 heteroatoms. The van der Waals surface area contributed by atoms with Crippen LogP contribution in [0.1, 0.15) is 26.2 Å². The van der Waals surface area contributed by atoms with Crippen molar-refractivity contribution in [2.45, 2.75) is 31.9 Å². The third-order valence-corrected chi connectivity index (χ3v) is 1.60. The number of rotatable bonds is 5. The second-order valence-electron chi connectivity index (χ2n) is 2.57.